The fourth-order valence-corrected chi connectivity index (χ4v) is 5.43. The number of hydrogen-bond donors (Lipinski definition) is 1. The van der Waals surface area contributed by atoms with Crippen LogP contribution in [0.3, 0.4) is 0 Å². The normalized spacial score (nSPS) is 13.2. The van der Waals surface area contributed by atoms with Gasteiger partial charge in [-0.05, 0) is 64.7 Å². The lowest BCUT2D eigenvalue weighted by atomic mass is 10.1. The monoisotopic (exact) mass is 612 g/mol. The van der Waals surface area contributed by atoms with E-state index in [1.807, 2.05) is 60.7 Å². The van der Waals surface area contributed by atoms with E-state index >= 15 is 0 Å². The number of benzene rings is 4. The molecule has 0 bridgehead atoms. The van der Waals surface area contributed by atoms with Crippen LogP contribution in [0.1, 0.15) is 12.5 Å². The molecule has 0 aliphatic carbocycles. The Morgan fingerprint density at radius 1 is 0.972 bits per heavy atom. The number of carbonyl (C=O) groups excluding carboxylic acids is 1. The van der Waals surface area contributed by atoms with E-state index in [1.165, 1.54) is 6.92 Å². The zero-order valence-electron chi connectivity index (χ0n) is 19.3. The second kappa shape index (κ2) is 11.6. The Kier molecular flexibility index (Phi) is 8.26. The Hall–Kier alpha value is -3.38. The van der Waals surface area contributed by atoms with Gasteiger partial charge in [0.2, 0.25) is 5.69 Å². The van der Waals surface area contributed by atoms with E-state index < -0.39 is 19.8 Å². The van der Waals surface area contributed by atoms with Gasteiger partial charge in [-0.2, -0.15) is 5.09 Å². The van der Waals surface area contributed by atoms with Crippen molar-refractivity contribution in [3.63, 3.8) is 0 Å². The van der Waals surface area contributed by atoms with Crippen LogP contribution in [0.25, 0.3) is 15.6 Å². The summed E-state index contributed by atoms with van der Waals surface area (Å²) in [6.45, 7) is 9.06. The molecule has 1 unspecified atom stereocenters. The Morgan fingerprint density at radius 2 is 1.67 bits per heavy atom. The number of fused-ring (bicyclic) bond motifs is 1. The summed E-state index contributed by atoms with van der Waals surface area (Å²) in [6.07, 6.45) is 0. The fraction of sp³-hybridized carbons (Fsp3) is 0.111. The molecule has 0 aliphatic rings. The molecule has 0 radical (unpaired) electrons. The standard InChI is InChI=1S/C27H22IN2O5P/c1-19(27(31)33-18-20-9-4-3-5-10-20)30-36(32,35-26-16-15-22(28)17-24(26)29-2)34-25-14-8-12-21-11-6-7-13-23(21)25/h3-17,19H,18H2,1H3,(H,30,32)/t19-,36?/m0/s1. The molecular weight excluding hydrogens is 590 g/mol. The molecular formula is C27H22IN2O5P. The number of ether oxygens (including phenoxy) is 1. The molecule has 0 aliphatic heterocycles. The summed E-state index contributed by atoms with van der Waals surface area (Å²) < 4.78 is 32.0. The van der Waals surface area contributed by atoms with Crippen LogP contribution in [0.5, 0.6) is 11.5 Å². The van der Waals surface area contributed by atoms with E-state index in [2.05, 4.69) is 32.5 Å². The van der Waals surface area contributed by atoms with E-state index in [-0.39, 0.29) is 18.0 Å². The van der Waals surface area contributed by atoms with E-state index in [9.17, 15) is 9.36 Å². The lowest BCUT2D eigenvalue weighted by molar-refractivity contribution is -0.146. The highest BCUT2D eigenvalue weighted by Gasteiger charge is 2.35. The van der Waals surface area contributed by atoms with Crippen molar-refractivity contribution in [1.29, 1.82) is 0 Å². The van der Waals surface area contributed by atoms with Crippen LogP contribution in [0, 0.1) is 10.1 Å². The van der Waals surface area contributed by atoms with Gasteiger partial charge in [-0.1, -0.05) is 66.7 Å². The highest BCUT2D eigenvalue weighted by molar-refractivity contribution is 14.1. The van der Waals surface area contributed by atoms with Crippen molar-refractivity contribution >= 4 is 52.8 Å². The molecule has 0 fully saturated rings. The molecule has 4 aromatic rings. The third-order valence-corrected chi connectivity index (χ3v) is 7.41. The van der Waals surface area contributed by atoms with Gasteiger partial charge in [0, 0.05) is 8.96 Å². The summed E-state index contributed by atoms with van der Waals surface area (Å²) >= 11 is 2.08. The first kappa shape index (κ1) is 25.7. The van der Waals surface area contributed by atoms with Crippen LogP contribution in [0.4, 0.5) is 5.69 Å². The lowest BCUT2D eigenvalue weighted by Gasteiger charge is -2.24. The third kappa shape index (κ3) is 6.43. The summed E-state index contributed by atoms with van der Waals surface area (Å²) in [5, 5.41) is 4.29. The quantitative estimate of drug-likeness (QED) is 0.0927. The second-order valence-corrected chi connectivity index (χ2v) is 10.7. The Labute approximate surface area is 222 Å². The molecule has 0 saturated carbocycles. The number of esters is 1. The van der Waals surface area contributed by atoms with Gasteiger partial charge in [0.05, 0.1) is 6.57 Å². The number of nitrogens with zero attached hydrogens (tertiary/aromatic N) is 1. The lowest BCUT2D eigenvalue weighted by Crippen LogP contribution is -2.35. The first-order valence-electron chi connectivity index (χ1n) is 11.0. The van der Waals surface area contributed by atoms with E-state index in [1.54, 1.807) is 30.3 Å². The van der Waals surface area contributed by atoms with Gasteiger partial charge in [0.1, 0.15) is 24.1 Å². The van der Waals surface area contributed by atoms with E-state index in [4.69, 9.17) is 20.4 Å². The highest BCUT2D eigenvalue weighted by Crippen LogP contribution is 2.49. The number of hydrogen-bond acceptors (Lipinski definition) is 5. The molecule has 0 amide bonds. The molecule has 9 heteroatoms. The molecule has 0 aromatic heterocycles. The first-order valence-corrected chi connectivity index (χ1v) is 13.6. The van der Waals surface area contributed by atoms with Gasteiger partial charge in [-0.3, -0.25) is 4.79 Å². The van der Waals surface area contributed by atoms with Gasteiger partial charge in [0.15, 0.2) is 0 Å². The number of rotatable bonds is 9. The smallest absolute Gasteiger partial charge is 0.460 e. The molecule has 4 rings (SSSR count). The van der Waals surface area contributed by atoms with Crippen molar-refractivity contribution in [1.82, 2.24) is 5.09 Å². The highest BCUT2D eigenvalue weighted by atomic mass is 127. The fourth-order valence-electron chi connectivity index (χ4n) is 3.40. The molecule has 0 heterocycles. The Balaban J connectivity index is 1.61. The van der Waals surface area contributed by atoms with Crippen LogP contribution in [0.15, 0.2) is 91.0 Å². The van der Waals surface area contributed by atoms with Crippen molar-refractivity contribution in [2.75, 3.05) is 0 Å². The van der Waals surface area contributed by atoms with Gasteiger partial charge >= 0.3 is 13.7 Å². The van der Waals surface area contributed by atoms with Crippen LogP contribution in [-0.2, 0) is 20.7 Å². The predicted octanol–water partition coefficient (Wildman–Crippen LogP) is 7.28. The van der Waals surface area contributed by atoms with Gasteiger partial charge in [-0.15, -0.1) is 0 Å². The largest absolute Gasteiger partial charge is 0.512 e. The van der Waals surface area contributed by atoms with Gasteiger partial charge in [-0.25, -0.2) is 9.41 Å². The summed E-state index contributed by atoms with van der Waals surface area (Å²) in [4.78, 5) is 16.2. The van der Waals surface area contributed by atoms with Crippen molar-refractivity contribution in [3.8, 4) is 11.5 Å². The maximum atomic E-state index is 14.1. The van der Waals surface area contributed by atoms with Gasteiger partial charge in [0.25, 0.3) is 0 Å². The maximum Gasteiger partial charge on any atom is 0.512 e. The Bertz CT molecular complexity index is 1470. The van der Waals surface area contributed by atoms with Crippen molar-refractivity contribution in [2.45, 2.75) is 19.6 Å². The van der Waals surface area contributed by atoms with Crippen LogP contribution < -0.4 is 14.1 Å². The van der Waals surface area contributed by atoms with E-state index in [0.29, 0.717) is 5.75 Å². The van der Waals surface area contributed by atoms with E-state index in [0.717, 1.165) is 19.9 Å². The van der Waals surface area contributed by atoms with Crippen molar-refractivity contribution < 1.29 is 23.1 Å². The second-order valence-electron chi connectivity index (χ2n) is 7.83. The summed E-state index contributed by atoms with van der Waals surface area (Å²) in [5.74, 6) is -0.243. The number of nitrogens with one attached hydrogen (secondary N) is 1. The van der Waals surface area contributed by atoms with Crippen LogP contribution in [-0.4, -0.2) is 12.0 Å². The molecule has 36 heavy (non-hydrogen) atoms. The SMILES string of the molecule is [C-]#[N+]c1cc(I)ccc1OP(=O)(N[C@@H](C)C(=O)OCc1ccccc1)Oc1cccc2ccccc12. The topological polar surface area (TPSA) is 78.2 Å². The third-order valence-electron chi connectivity index (χ3n) is 5.16. The zero-order chi connectivity index (χ0) is 25.5. The van der Waals surface area contributed by atoms with Gasteiger partial charge < -0.3 is 13.8 Å². The van der Waals surface area contributed by atoms with Crippen molar-refractivity contribution in [2.24, 2.45) is 0 Å². The molecule has 2 atom stereocenters. The number of halogens is 1. The number of carbonyl (C=O) groups is 1. The molecule has 182 valence electrons. The summed E-state index contributed by atoms with van der Waals surface area (Å²) in [6, 6.07) is 25.9. The summed E-state index contributed by atoms with van der Waals surface area (Å²) in [5.41, 5.74) is 0.995. The molecule has 1 N–H and O–H groups in total. The minimum atomic E-state index is -4.22. The summed E-state index contributed by atoms with van der Waals surface area (Å²) in [7, 11) is -4.22. The minimum absolute atomic E-state index is 0.0695. The molecule has 4 aromatic carbocycles. The van der Waals surface area contributed by atoms with Crippen LogP contribution in [0.2, 0.25) is 0 Å². The average molecular weight is 612 g/mol. The maximum absolute atomic E-state index is 14.1. The molecule has 0 saturated heterocycles. The van der Waals surface area contributed by atoms with Crippen LogP contribution >= 0.6 is 30.3 Å². The minimum Gasteiger partial charge on any atom is -0.460 e. The van der Waals surface area contributed by atoms with Crippen molar-refractivity contribution in [3.05, 3.63) is 112 Å². The Morgan fingerprint density at radius 3 is 2.44 bits per heavy atom. The molecule has 7 nitrogen and oxygen atoms in total. The zero-order valence-corrected chi connectivity index (χ0v) is 22.3. The average Bonchev–Trinajstić information content (AvgIpc) is 2.89. The molecule has 0 spiro atoms. The predicted molar refractivity (Wildman–Crippen MR) is 147 cm³/mol. The first-order chi connectivity index (χ1) is 17.4.